The van der Waals surface area contributed by atoms with Crippen LogP contribution in [-0.4, -0.2) is 62.3 Å². The van der Waals surface area contributed by atoms with Crippen LogP contribution in [0.2, 0.25) is 0 Å². The zero-order valence-electron chi connectivity index (χ0n) is 10.8. The summed E-state index contributed by atoms with van der Waals surface area (Å²) in [6, 6.07) is 2.19. The third kappa shape index (κ3) is 2.80. The SMILES string of the molecule is CN1CCN(NC(=O)C2(C#N)CCOCC2)CC1. The quantitative estimate of drug-likeness (QED) is 0.723. The number of rotatable bonds is 2. The number of ether oxygens (including phenoxy) is 1. The fourth-order valence-corrected chi connectivity index (χ4v) is 2.28. The summed E-state index contributed by atoms with van der Waals surface area (Å²) in [5, 5.41) is 11.2. The lowest BCUT2D eigenvalue weighted by Gasteiger charge is -2.36. The van der Waals surface area contributed by atoms with Gasteiger partial charge in [-0.25, -0.2) is 5.01 Å². The molecule has 2 fully saturated rings. The lowest BCUT2D eigenvalue weighted by Crippen LogP contribution is -2.56. The van der Waals surface area contributed by atoms with E-state index in [-0.39, 0.29) is 5.91 Å². The van der Waals surface area contributed by atoms with Crippen LogP contribution in [0.25, 0.3) is 0 Å². The first-order valence-corrected chi connectivity index (χ1v) is 6.40. The van der Waals surface area contributed by atoms with Gasteiger partial charge >= 0.3 is 0 Å². The van der Waals surface area contributed by atoms with Crippen LogP contribution < -0.4 is 5.43 Å². The molecule has 2 aliphatic heterocycles. The van der Waals surface area contributed by atoms with Gasteiger partial charge in [-0.05, 0) is 19.9 Å². The molecule has 6 heteroatoms. The van der Waals surface area contributed by atoms with E-state index >= 15 is 0 Å². The smallest absolute Gasteiger partial charge is 0.254 e. The molecule has 0 spiro atoms. The number of piperazine rings is 1. The second-order valence-electron chi connectivity index (χ2n) is 5.04. The highest BCUT2D eigenvalue weighted by atomic mass is 16.5. The first-order chi connectivity index (χ1) is 8.66. The van der Waals surface area contributed by atoms with Gasteiger partial charge in [0.1, 0.15) is 5.41 Å². The number of carbonyl (C=O) groups is 1. The van der Waals surface area contributed by atoms with Crippen molar-refractivity contribution in [3.05, 3.63) is 0 Å². The first-order valence-electron chi connectivity index (χ1n) is 6.40. The van der Waals surface area contributed by atoms with Crippen LogP contribution in [0, 0.1) is 16.7 Å². The molecule has 2 saturated heterocycles. The van der Waals surface area contributed by atoms with E-state index in [1.165, 1.54) is 0 Å². The largest absolute Gasteiger partial charge is 0.381 e. The highest BCUT2D eigenvalue weighted by Crippen LogP contribution is 2.29. The molecule has 6 nitrogen and oxygen atoms in total. The Bertz CT molecular complexity index is 338. The van der Waals surface area contributed by atoms with Crippen molar-refractivity contribution in [2.24, 2.45) is 5.41 Å². The van der Waals surface area contributed by atoms with E-state index in [0.29, 0.717) is 26.1 Å². The molecule has 0 saturated carbocycles. The first kappa shape index (κ1) is 13.3. The van der Waals surface area contributed by atoms with Gasteiger partial charge in [0.05, 0.1) is 6.07 Å². The minimum atomic E-state index is -0.901. The van der Waals surface area contributed by atoms with Crippen molar-refractivity contribution in [1.82, 2.24) is 15.3 Å². The standard InChI is InChI=1S/C12H20N4O2/c1-15-4-6-16(7-5-15)14-11(17)12(10-13)2-8-18-9-3-12/h2-9H2,1H3,(H,14,17). The van der Waals surface area contributed by atoms with Crippen molar-refractivity contribution in [3.8, 4) is 6.07 Å². The maximum absolute atomic E-state index is 12.3. The molecular formula is C12H20N4O2. The Kier molecular flexibility index (Phi) is 4.17. The molecule has 2 heterocycles. The zero-order chi connectivity index (χ0) is 13.0. The number of nitriles is 1. The zero-order valence-corrected chi connectivity index (χ0v) is 10.8. The highest BCUT2D eigenvalue weighted by molar-refractivity contribution is 5.85. The second-order valence-corrected chi connectivity index (χ2v) is 5.04. The summed E-state index contributed by atoms with van der Waals surface area (Å²) in [5.74, 6) is -0.169. The number of hydrazine groups is 1. The molecule has 1 amide bonds. The molecule has 2 rings (SSSR count). The van der Waals surface area contributed by atoms with Gasteiger partial charge < -0.3 is 9.64 Å². The summed E-state index contributed by atoms with van der Waals surface area (Å²) < 4.78 is 5.23. The highest BCUT2D eigenvalue weighted by Gasteiger charge is 2.41. The van der Waals surface area contributed by atoms with E-state index in [1.54, 1.807) is 0 Å². The number of nitrogens with one attached hydrogen (secondary N) is 1. The van der Waals surface area contributed by atoms with Crippen LogP contribution >= 0.6 is 0 Å². The Hall–Kier alpha value is -1.16. The molecule has 0 bridgehead atoms. The number of nitrogens with zero attached hydrogens (tertiary/aromatic N) is 3. The average Bonchev–Trinajstić information content (AvgIpc) is 2.42. The molecule has 0 aliphatic carbocycles. The third-order valence-corrected chi connectivity index (χ3v) is 3.76. The van der Waals surface area contributed by atoms with Crippen LogP contribution in [0.15, 0.2) is 0 Å². The minimum absolute atomic E-state index is 0.169. The van der Waals surface area contributed by atoms with Gasteiger partial charge in [-0.2, -0.15) is 5.26 Å². The molecule has 0 aromatic heterocycles. The average molecular weight is 252 g/mol. The molecule has 18 heavy (non-hydrogen) atoms. The van der Waals surface area contributed by atoms with Gasteiger partial charge in [0, 0.05) is 39.4 Å². The van der Waals surface area contributed by atoms with Gasteiger partial charge in [0.2, 0.25) is 0 Å². The second kappa shape index (κ2) is 5.65. The number of carbonyl (C=O) groups excluding carboxylic acids is 1. The van der Waals surface area contributed by atoms with E-state index in [0.717, 1.165) is 26.2 Å². The summed E-state index contributed by atoms with van der Waals surface area (Å²) in [6.45, 7) is 4.46. The number of amides is 1. The molecule has 0 aromatic carbocycles. The Morgan fingerprint density at radius 2 is 1.89 bits per heavy atom. The monoisotopic (exact) mass is 252 g/mol. The van der Waals surface area contributed by atoms with E-state index < -0.39 is 5.41 Å². The van der Waals surface area contributed by atoms with Gasteiger partial charge in [-0.1, -0.05) is 0 Å². The number of hydrogen-bond donors (Lipinski definition) is 1. The Morgan fingerprint density at radius 1 is 1.28 bits per heavy atom. The van der Waals surface area contributed by atoms with E-state index in [4.69, 9.17) is 4.74 Å². The van der Waals surface area contributed by atoms with Crippen molar-refractivity contribution in [3.63, 3.8) is 0 Å². The van der Waals surface area contributed by atoms with Crippen molar-refractivity contribution in [2.45, 2.75) is 12.8 Å². The Labute approximate surface area is 107 Å². The number of likely N-dealkylation sites (N-methyl/N-ethyl adjacent to an activating group) is 1. The third-order valence-electron chi connectivity index (χ3n) is 3.76. The Balaban J connectivity index is 1.92. The van der Waals surface area contributed by atoms with E-state index in [9.17, 15) is 10.1 Å². The fourth-order valence-electron chi connectivity index (χ4n) is 2.28. The summed E-state index contributed by atoms with van der Waals surface area (Å²) in [4.78, 5) is 14.5. The van der Waals surface area contributed by atoms with E-state index in [1.807, 2.05) is 5.01 Å². The predicted octanol–water partition coefficient (Wildman–Crippen LogP) is -0.415. The lowest BCUT2D eigenvalue weighted by atomic mass is 9.81. The summed E-state index contributed by atoms with van der Waals surface area (Å²) in [5.41, 5.74) is 1.99. The summed E-state index contributed by atoms with van der Waals surface area (Å²) in [7, 11) is 2.06. The fraction of sp³-hybridized carbons (Fsp3) is 0.833. The number of hydrogen-bond acceptors (Lipinski definition) is 5. The van der Waals surface area contributed by atoms with Crippen LogP contribution in [0.4, 0.5) is 0 Å². The van der Waals surface area contributed by atoms with Crippen molar-refractivity contribution in [1.29, 1.82) is 5.26 Å². The van der Waals surface area contributed by atoms with Gasteiger partial charge in [-0.3, -0.25) is 10.2 Å². The molecule has 0 atom stereocenters. The van der Waals surface area contributed by atoms with Gasteiger partial charge in [0.15, 0.2) is 0 Å². The van der Waals surface area contributed by atoms with Crippen LogP contribution in [0.3, 0.4) is 0 Å². The lowest BCUT2D eigenvalue weighted by molar-refractivity contribution is -0.138. The van der Waals surface area contributed by atoms with Crippen molar-refractivity contribution >= 4 is 5.91 Å². The topological polar surface area (TPSA) is 68.6 Å². The van der Waals surface area contributed by atoms with Crippen molar-refractivity contribution in [2.75, 3.05) is 46.4 Å². The molecular weight excluding hydrogens is 232 g/mol. The van der Waals surface area contributed by atoms with Gasteiger partial charge in [-0.15, -0.1) is 0 Å². The van der Waals surface area contributed by atoms with Crippen LogP contribution in [0.5, 0.6) is 0 Å². The van der Waals surface area contributed by atoms with Gasteiger partial charge in [0.25, 0.3) is 5.91 Å². The van der Waals surface area contributed by atoms with Crippen LogP contribution in [-0.2, 0) is 9.53 Å². The molecule has 0 aromatic rings. The Morgan fingerprint density at radius 3 is 2.44 bits per heavy atom. The molecule has 0 unspecified atom stereocenters. The molecule has 100 valence electrons. The summed E-state index contributed by atoms with van der Waals surface area (Å²) >= 11 is 0. The minimum Gasteiger partial charge on any atom is -0.381 e. The molecule has 2 aliphatic rings. The molecule has 0 radical (unpaired) electrons. The summed E-state index contributed by atoms with van der Waals surface area (Å²) in [6.07, 6.45) is 0.978. The normalized spacial score (nSPS) is 25.3. The van der Waals surface area contributed by atoms with Crippen molar-refractivity contribution < 1.29 is 9.53 Å². The van der Waals surface area contributed by atoms with E-state index in [2.05, 4.69) is 23.4 Å². The molecule has 1 N–H and O–H groups in total. The van der Waals surface area contributed by atoms with Crippen LogP contribution in [0.1, 0.15) is 12.8 Å². The maximum atomic E-state index is 12.3. The maximum Gasteiger partial charge on any atom is 0.254 e. The predicted molar refractivity (Wildman–Crippen MR) is 65.3 cm³/mol.